The second-order valence-corrected chi connectivity index (χ2v) is 3.90. The van der Waals surface area contributed by atoms with Gasteiger partial charge in [0.1, 0.15) is 12.4 Å². The van der Waals surface area contributed by atoms with Gasteiger partial charge in [-0.05, 0) is 19.9 Å². The summed E-state index contributed by atoms with van der Waals surface area (Å²) in [7, 11) is 0. The van der Waals surface area contributed by atoms with Crippen molar-refractivity contribution >= 4 is 5.96 Å². The molecule has 17 heavy (non-hydrogen) atoms. The topological polar surface area (TPSA) is 45.7 Å². The number of hydrogen-bond acceptors (Lipinski definition) is 2. The van der Waals surface area contributed by atoms with Crippen LogP contribution in [0.25, 0.3) is 0 Å². The molecule has 92 valence electrons. The molecule has 1 aliphatic heterocycles. The minimum absolute atomic E-state index is 0.190. The predicted octanol–water partition coefficient (Wildman–Crippen LogP) is 1.70. The highest BCUT2D eigenvalue weighted by Gasteiger charge is 2.24. The number of nitrogens with zero attached hydrogens (tertiary/aromatic N) is 1. The molecule has 2 N–H and O–H groups in total. The molecule has 2 rings (SSSR count). The van der Waals surface area contributed by atoms with Crippen molar-refractivity contribution in [2.24, 2.45) is 4.99 Å². The summed E-state index contributed by atoms with van der Waals surface area (Å²) < 4.78 is 5.62. The third-order valence-corrected chi connectivity index (χ3v) is 2.67. The molecule has 1 atom stereocenters. The van der Waals surface area contributed by atoms with Crippen molar-refractivity contribution in [2.75, 3.05) is 19.7 Å². The number of benzene rings is 1. The third-order valence-electron chi connectivity index (χ3n) is 2.67. The molecule has 0 amide bonds. The lowest BCUT2D eigenvalue weighted by atomic mass is 10.1. The molecule has 1 aromatic rings. The lowest BCUT2D eigenvalue weighted by Gasteiger charge is -2.15. The first kappa shape index (κ1) is 11.8. The Morgan fingerprint density at radius 2 is 2.24 bits per heavy atom. The number of rotatable bonds is 3. The fraction of sp³-hybridized carbons (Fsp3) is 0.462. The van der Waals surface area contributed by atoms with E-state index in [9.17, 15) is 0 Å². The Balaban J connectivity index is 2.07. The largest absolute Gasteiger partial charge is 0.491 e. The zero-order chi connectivity index (χ0) is 12.1. The van der Waals surface area contributed by atoms with Crippen LogP contribution in [-0.2, 0) is 0 Å². The Kier molecular flexibility index (Phi) is 3.85. The summed E-state index contributed by atoms with van der Waals surface area (Å²) in [6.07, 6.45) is 0. The summed E-state index contributed by atoms with van der Waals surface area (Å²) in [6.45, 7) is 6.38. The van der Waals surface area contributed by atoms with E-state index in [1.165, 1.54) is 5.56 Å². The number of nitrogens with one attached hydrogen (secondary N) is 2. The second-order valence-electron chi connectivity index (χ2n) is 3.90. The van der Waals surface area contributed by atoms with Crippen LogP contribution in [0.1, 0.15) is 25.5 Å². The molecule has 0 aromatic heterocycles. The van der Waals surface area contributed by atoms with Gasteiger partial charge in [-0.2, -0.15) is 0 Å². The van der Waals surface area contributed by atoms with Crippen LogP contribution in [0.5, 0.6) is 5.75 Å². The Labute approximate surface area is 102 Å². The van der Waals surface area contributed by atoms with Gasteiger partial charge in [-0.25, -0.2) is 0 Å². The molecule has 1 aromatic carbocycles. The van der Waals surface area contributed by atoms with Crippen LogP contribution in [0, 0.1) is 0 Å². The monoisotopic (exact) mass is 233 g/mol. The van der Waals surface area contributed by atoms with E-state index in [0.717, 1.165) is 24.8 Å². The average molecular weight is 233 g/mol. The van der Waals surface area contributed by atoms with Crippen molar-refractivity contribution in [3.8, 4) is 5.75 Å². The highest BCUT2D eigenvalue weighted by Crippen LogP contribution is 2.31. The summed E-state index contributed by atoms with van der Waals surface area (Å²) in [4.78, 5) is 4.39. The summed E-state index contributed by atoms with van der Waals surface area (Å²) in [5.41, 5.74) is 1.20. The quantitative estimate of drug-likeness (QED) is 0.617. The van der Waals surface area contributed by atoms with Gasteiger partial charge in [0, 0.05) is 18.7 Å². The summed E-state index contributed by atoms with van der Waals surface area (Å²) in [5.74, 6) is 1.82. The van der Waals surface area contributed by atoms with E-state index in [4.69, 9.17) is 4.74 Å². The number of ether oxygens (including phenoxy) is 1. The fourth-order valence-corrected chi connectivity index (χ4v) is 1.93. The maximum absolute atomic E-state index is 5.62. The van der Waals surface area contributed by atoms with E-state index in [-0.39, 0.29) is 6.04 Å². The molecule has 4 heteroatoms. The van der Waals surface area contributed by atoms with Crippen LogP contribution in [0.2, 0.25) is 0 Å². The van der Waals surface area contributed by atoms with Crippen molar-refractivity contribution in [1.82, 2.24) is 10.6 Å². The van der Waals surface area contributed by atoms with E-state index in [0.29, 0.717) is 6.61 Å². The molecule has 0 aliphatic carbocycles. The summed E-state index contributed by atoms with van der Waals surface area (Å²) in [6, 6.07) is 8.31. The van der Waals surface area contributed by atoms with Gasteiger partial charge in [-0.1, -0.05) is 18.2 Å². The first-order valence-corrected chi connectivity index (χ1v) is 6.11. The average Bonchev–Trinajstić information content (AvgIpc) is 2.74. The number of aliphatic imine (C=N–C) groups is 1. The first-order valence-electron chi connectivity index (χ1n) is 6.11. The zero-order valence-corrected chi connectivity index (χ0v) is 10.4. The number of fused-ring (bicyclic) bond motifs is 1. The van der Waals surface area contributed by atoms with E-state index in [2.05, 4.69) is 28.6 Å². The second kappa shape index (κ2) is 5.57. The van der Waals surface area contributed by atoms with Gasteiger partial charge in [0.25, 0.3) is 0 Å². The fourth-order valence-electron chi connectivity index (χ4n) is 1.93. The Morgan fingerprint density at radius 1 is 1.41 bits per heavy atom. The van der Waals surface area contributed by atoms with Gasteiger partial charge in [-0.3, -0.25) is 4.99 Å². The lowest BCUT2D eigenvalue weighted by Crippen LogP contribution is -2.40. The molecule has 0 fully saturated rings. The smallest absolute Gasteiger partial charge is 0.191 e. The third kappa shape index (κ3) is 2.70. The van der Waals surface area contributed by atoms with E-state index >= 15 is 0 Å². The lowest BCUT2D eigenvalue weighted by molar-refractivity contribution is 0.323. The first-order chi connectivity index (χ1) is 8.35. The van der Waals surface area contributed by atoms with Crippen LogP contribution in [-0.4, -0.2) is 25.7 Å². The van der Waals surface area contributed by atoms with E-state index in [1.54, 1.807) is 0 Å². The van der Waals surface area contributed by atoms with E-state index < -0.39 is 0 Å². The molecule has 0 bridgehead atoms. The molecule has 0 radical (unpaired) electrons. The van der Waals surface area contributed by atoms with Gasteiger partial charge in [0.2, 0.25) is 0 Å². The van der Waals surface area contributed by atoms with Gasteiger partial charge in [0.15, 0.2) is 5.96 Å². The summed E-state index contributed by atoms with van der Waals surface area (Å²) >= 11 is 0. The highest BCUT2D eigenvalue weighted by atomic mass is 16.5. The van der Waals surface area contributed by atoms with Gasteiger partial charge < -0.3 is 15.4 Å². The molecule has 1 heterocycles. The number of hydrogen-bond donors (Lipinski definition) is 2. The Bertz CT molecular complexity index is 403. The molecular formula is C13H19N3O. The standard InChI is InChI=1S/C13H19N3O/c1-3-14-13(15-4-2)16-11-9-17-12-8-6-5-7-10(11)12/h5-8,11H,3-4,9H2,1-2H3,(H2,14,15,16). The van der Waals surface area contributed by atoms with Gasteiger partial charge >= 0.3 is 0 Å². The molecular weight excluding hydrogens is 214 g/mol. The van der Waals surface area contributed by atoms with E-state index in [1.807, 2.05) is 25.1 Å². The maximum atomic E-state index is 5.62. The number of guanidine groups is 1. The van der Waals surface area contributed by atoms with Crippen LogP contribution in [0.4, 0.5) is 0 Å². The summed E-state index contributed by atoms with van der Waals surface area (Å²) in [5, 5.41) is 6.61. The van der Waals surface area contributed by atoms with Crippen molar-refractivity contribution in [1.29, 1.82) is 0 Å². The molecule has 0 saturated heterocycles. The van der Waals surface area contributed by atoms with Crippen molar-refractivity contribution < 1.29 is 4.74 Å². The Hall–Kier alpha value is -1.71. The molecule has 1 aliphatic rings. The van der Waals surface area contributed by atoms with Crippen LogP contribution >= 0.6 is 0 Å². The number of para-hydroxylation sites is 1. The van der Waals surface area contributed by atoms with Gasteiger partial charge in [0.05, 0.1) is 6.04 Å². The van der Waals surface area contributed by atoms with Gasteiger partial charge in [-0.15, -0.1) is 0 Å². The van der Waals surface area contributed by atoms with Crippen molar-refractivity contribution in [2.45, 2.75) is 19.9 Å². The predicted molar refractivity (Wildman–Crippen MR) is 69.5 cm³/mol. The molecule has 0 saturated carbocycles. The highest BCUT2D eigenvalue weighted by molar-refractivity contribution is 5.80. The minimum Gasteiger partial charge on any atom is -0.491 e. The van der Waals surface area contributed by atoms with Crippen LogP contribution in [0.15, 0.2) is 29.3 Å². The zero-order valence-electron chi connectivity index (χ0n) is 10.4. The SMILES string of the molecule is CCN=C(NCC)NC1COc2ccccc21. The molecule has 1 unspecified atom stereocenters. The minimum atomic E-state index is 0.190. The van der Waals surface area contributed by atoms with Crippen molar-refractivity contribution in [3.05, 3.63) is 29.8 Å². The molecule has 4 nitrogen and oxygen atoms in total. The van der Waals surface area contributed by atoms with Crippen LogP contribution in [0.3, 0.4) is 0 Å². The van der Waals surface area contributed by atoms with Crippen molar-refractivity contribution in [3.63, 3.8) is 0 Å². The maximum Gasteiger partial charge on any atom is 0.191 e. The molecule has 0 spiro atoms. The normalized spacial score (nSPS) is 18.5. The Morgan fingerprint density at radius 3 is 3.00 bits per heavy atom. The van der Waals surface area contributed by atoms with Crippen LogP contribution < -0.4 is 15.4 Å².